The molecule has 1 aromatic rings. The Morgan fingerprint density at radius 3 is 2.38 bits per heavy atom. The fraction of sp³-hybridized carbons (Fsp3) is 0.462. The topological polar surface area (TPSA) is 113 Å². The summed E-state index contributed by atoms with van der Waals surface area (Å²) < 4.78 is 31.2. The summed E-state index contributed by atoms with van der Waals surface area (Å²) >= 11 is 0. The van der Waals surface area contributed by atoms with Gasteiger partial charge >= 0.3 is 5.97 Å². The van der Waals surface area contributed by atoms with E-state index in [4.69, 9.17) is 9.84 Å². The smallest absolute Gasteiger partial charge is 0.335 e. The maximum atomic E-state index is 12.0. The molecule has 0 aliphatic rings. The van der Waals surface area contributed by atoms with Crippen LogP contribution in [0.4, 0.5) is 0 Å². The van der Waals surface area contributed by atoms with Gasteiger partial charge < -0.3 is 14.9 Å². The molecule has 8 heteroatoms. The summed E-state index contributed by atoms with van der Waals surface area (Å²) in [5.41, 5.74) is -1.23. The predicted octanol–water partition coefficient (Wildman–Crippen LogP) is 0.451. The van der Waals surface area contributed by atoms with Crippen molar-refractivity contribution in [2.45, 2.75) is 23.8 Å². The third kappa shape index (κ3) is 5.43. The largest absolute Gasteiger partial charge is 0.478 e. The molecule has 0 amide bonds. The van der Waals surface area contributed by atoms with Gasteiger partial charge in [0.15, 0.2) is 0 Å². The van der Waals surface area contributed by atoms with Crippen LogP contribution in [0.5, 0.6) is 0 Å². The number of ether oxygens (including phenoxy) is 1. The third-order valence-corrected chi connectivity index (χ3v) is 4.32. The Hall–Kier alpha value is -1.48. The number of rotatable bonds is 8. The molecule has 1 aromatic carbocycles. The van der Waals surface area contributed by atoms with E-state index in [1.807, 2.05) is 0 Å². The molecule has 0 spiro atoms. The van der Waals surface area contributed by atoms with E-state index in [9.17, 15) is 18.3 Å². The molecule has 0 saturated heterocycles. The fourth-order valence-corrected chi connectivity index (χ4v) is 2.68. The van der Waals surface area contributed by atoms with E-state index in [2.05, 4.69) is 4.72 Å². The van der Waals surface area contributed by atoms with Crippen LogP contribution in [-0.4, -0.2) is 50.5 Å². The molecule has 0 bridgehead atoms. The summed E-state index contributed by atoms with van der Waals surface area (Å²) in [5.74, 6) is -1.13. The van der Waals surface area contributed by atoms with Gasteiger partial charge in [0.25, 0.3) is 0 Å². The number of hydrogen-bond acceptors (Lipinski definition) is 5. The van der Waals surface area contributed by atoms with E-state index >= 15 is 0 Å². The SMILES string of the molecule is COCCC(C)(O)CNS(=O)(=O)c1ccc(C(=O)O)cc1. The van der Waals surface area contributed by atoms with Crippen LogP contribution in [0.15, 0.2) is 29.2 Å². The molecular weight excluding hydrogens is 298 g/mol. The summed E-state index contributed by atoms with van der Waals surface area (Å²) in [4.78, 5) is 10.6. The van der Waals surface area contributed by atoms with E-state index < -0.39 is 21.6 Å². The first-order valence-corrected chi connectivity index (χ1v) is 7.71. The minimum absolute atomic E-state index is 0.000964. The lowest BCUT2D eigenvalue weighted by Gasteiger charge is -2.23. The second-order valence-corrected chi connectivity index (χ2v) is 6.66. The minimum Gasteiger partial charge on any atom is -0.478 e. The van der Waals surface area contributed by atoms with Crippen LogP contribution in [-0.2, 0) is 14.8 Å². The lowest BCUT2D eigenvalue weighted by molar-refractivity contribution is 0.0292. The molecule has 21 heavy (non-hydrogen) atoms. The lowest BCUT2D eigenvalue weighted by Crippen LogP contribution is -2.41. The number of carbonyl (C=O) groups is 1. The number of hydrogen-bond donors (Lipinski definition) is 3. The van der Waals surface area contributed by atoms with Gasteiger partial charge in [0, 0.05) is 26.7 Å². The van der Waals surface area contributed by atoms with Crippen molar-refractivity contribution < 1.29 is 28.2 Å². The van der Waals surface area contributed by atoms with Gasteiger partial charge in [0.2, 0.25) is 10.0 Å². The molecule has 1 atom stereocenters. The molecule has 0 radical (unpaired) electrons. The number of methoxy groups -OCH3 is 1. The fourth-order valence-electron chi connectivity index (χ4n) is 1.52. The summed E-state index contributed by atoms with van der Waals surface area (Å²) in [6.07, 6.45) is 0.282. The molecule has 0 fully saturated rings. The van der Waals surface area contributed by atoms with Gasteiger partial charge in [0.1, 0.15) is 0 Å². The van der Waals surface area contributed by atoms with Crippen LogP contribution in [0.1, 0.15) is 23.7 Å². The van der Waals surface area contributed by atoms with Gasteiger partial charge in [-0.25, -0.2) is 17.9 Å². The lowest BCUT2D eigenvalue weighted by atomic mass is 10.0. The van der Waals surface area contributed by atoms with E-state index in [1.165, 1.54) is 38.3 Å². The maximum absolute atomic E-state index is 12.0. The van der Waals surface area contributed by atoms with Gasteiger partial charge in [0.05, 0.1) is 16.1 Å². The standard InChI is InChI=1S/C13H19NO6S/c1-13(17,7-8-20-2)9-14-21(18,19)11-5-3-10(4-6-11)12(15)16/h3-6,14,17H,7-9H2,1-2H3,(H,15,16). The third-order valence-electron chi connectivity index (χ3n) is 2.90. The Morgan fingerprint density at radius 2 is 1.90 bits per heavy atom. The zero-order valence-corrected chi connectivity index (χ0v) is 12.7. The average molecular weight is 317 g/mol. The molecule has 1 unspecified atom stereocenters. The highest BCUT2D eigenvalue weighted by Crippen LogP contribution is 2.13. The van der Waals surface area contributed by atoms with Crippen LogP contribution in [0.3, 0.4) is 0 Å². The summed E-state index contributed by atoms with van der Waals surface area (Å²) in [6.45, 7) is 1.64. The summed E-state index contributed by atoms with van der Waals surface area (Å²) in [6, 6.07) is 4.82. The Morgan fingerprint density at radius 1 is 1.33 bits per heavy atom. The van der Waals surface area contributed by atoms with Crippen molar-refractivity contribution in [2.75, 3.05) is 20.3 Å². The Labute approximate surface area is 123 Å². The first kappa shape index (κ1) is 17.6. The highest BCUT2D eigenvalue weighted by molar-refractivity contribution is 7.89. The quantitative estimate of drug-likeness (QED) is 0.641. The van der Waals surface area contributed by atoms with Crippen LogP contribution >= 0.6 is 0 Å². The highest BCUT2D eigenvalue weighted by atomic mass is 32.2. The monoisotopic (exact) mass is 317 g/mol. The second kappa shape index (κ2) is 6.99. The van der Waals surface area contributed by atoms with E-state index in [-0.39, 0.29) is 23.4 Å². The molecular formula is C13H19NO6S. The Bertz CT molecular complexity index is 579. The average Bonchev–Trinajstić information content (AvgIpc) is 2.43. The molecule has 7 nitrogen and oxygen atoms in total. The number of aromatic carboxylic acids is 1. The molecule has 118 valence electrons. The zero-order chi connectivity index (χ0) is 16.1. The number of carboxylic acid groups (broad SMARTS) is 1. The molecule has 1 rings (SSSR count). The number of sulfonamides is 1. The normalized spacial score (nSPS) is 14.6. The van der Waals surface area contributed by atoms with Crippen molar-refractivity contribution in [3.05, 3.63) is 29.8 Å². The maximum Gasteiger partial charge on any atom is 0.335 e. The van der Waals surface area contributed by atoms with Crippen LogP contribution in [0.2, 0.25) is 0 Å². The van der Waals surface area contributed by atoms with Gasteiger partial charge in [-0.05, 0) is 31.2 Å². The Balaban J connectivity index is 2.75. The van der Waals surface area contributed by atoms with Crippen LogP contribution < -0.4 is 4.72 Å². The van der Waals surface area contributed by atoms with Gasteiger partial charge in [-0.15, -0.1) is 0 Å². The number of nitrogens with one attached hydrogen (secondary N) is 1. The highest BCUT2D eigenvalue weighted by Gasteiger charge is 2.24. The van der Waals surface area contributed by atoms with Gasteiger partial charge in [-0.1, -0.05) is 0 Å². The van der Waals surface area contributed by atoms with Crippen molar-refractivity contribution in [1.29, 1.82) is 0 Å². The first-order valence-electron chi connectivity index (χ1n) is 6.22. The molecule has 0 aliphatic carbocycles. The van der Waals surface area contributed by atoms with Crippen molar-refractivity contribution in [2.24, 2.45) is 0 Å². The molecule has 0 aromatic heterocycles. The zero-order valence-electron chi connectivity index (χ0n) is 11.9. The molecule has 0 heterocycles. The van der Waals surface area contributed by atoms with Gasteiger partial charge in [-0.3, -0.25) is 0 Å². The Kier molecular flexibility index (Phi) is 5.85. The summed E-state index contributed by atoms with van der Waals surface area (Å²) in [5, 5.41) is 18.7. The predicted molar refractivity (Wildman–Crippen MR) is 75.7 cm³/mol. The van der Waals surface area contributed by atoms with Crippen LogP contribution in [0.25, 0.3) is 0 Å². The van der Waals surface area contributed by atoms with Crippen LogP contribution in [0, 0.1) is 0 Å². The van der Waals surface area contributed by atoms with Crippen molar-refractivity contribution in [3.8, 4) is 0 Å². The molecule has 0 aliphatic heterocycles. The van der Waals surface area contributed by atoms with Crippen molar-refractivity contribution >= 4 is 16.0 Å². The van der Waals surface area contributed by atoms with E-state index in [1.54, 1.807) is 0 Å². The molecule has 3 N–H and O–H groups in total. The first-order chi connectivity index (χ1) is 9.68. The van der Waals surface area contributed by atoms with Crippen molar-refractivity contribution in [1.82, 2.24) is 4.72 Å². The number of carboxylic acids is 1. The van der Waals surface area contributed by atoms with E-state index in [0.29, 0.717) is 6.61 Å². The van der Waals surface area contributed by atoms with E-state index in [0.717, 1.165) is 0 Å². The number of benzene rings is 1. The summed E-state index contributed by atoms with van der Waals surface area (Å²) in [7, 11) is -2.31. The minimum atomic E-state index is -3.80. The van der Waals surface area contributed by atoms with Gasteiger partial charge in [-0.2, -0.15) is 0 Å². The second-order valence-electron chi connectivity index (χ2n) is 4.89. The number of aliphatic hydroxyl groups is 1. The molecule has 0 saturated carbocycles. The van der Waals surface area contributed by atoms with Crippen molar-refractivity contribution in [3.63, 3.8) is 0 Å².